The smallest absolute Gasteiger partial charge is 0.335 e. The van der Waals surface area contributed by atoms with Gasteiger partial charge in [0.2, 0.25) is 11.6 Å². The molecule has 0 saturated heterocycles. The molecular weight excluding hydrogens is 368 g/mol. The van der Waals surface area contributed by atoms with E-state index in [9.17, 15) is 42.1 Å². The first-order valence-electron chi connectivity index (χ1n) is 6.49. The number of nitro benzene ring substituents is 1. The molecule has 2 amide bonds. The van der Waals surface area contributed by atoms with E-state index in [-0.39, 0.29) is 4.57 Å². The van der Waals surface area contributed by atoms with E-state index in [0.717, 1.165) is 0 Å². The van der Waals surface area contributed by atoms with Crippen LogP contribution in [0.15, 0.2) is 10.9 Å². The van der Waals surface area contributed by atoms with Gasteiger partial charge in [-0.05, 0) is 0 Å². The molecule has 0 saturated carbocycles. The normalized spacial score (nSPS) is 12.9. The first-order chi connectivity index (χ1) is 12.1. The summed E-state index contributed by atoms with van der Waals surface area (Å²) in [7, 11) is 0. The van der Waals surface area contributed by atoms with Gasteiger partial charge >= 0.3 is 5.69 Å². The van der Waals surface area contributed by atoms with Crippen LogP contribution in [0.1, 0.15) is 20.7 Å². The van der Waals surface area contributed by atoms with Gasteiger partial charge in [0.25, 0.3) is 17.4 Å². The van der Waals surface area contributed by atoms with Crippen molar-refractivity contribution in [2.45, 2.75) is 0 Å². The van der Waals surface area contributed by atoms with Crippen LogP contribution in [0.4, 0.5) is 29.1 Å². The van der Waals surface area contributed by atoms with Crippen molar-refractivity contribution in [3.05, 3.63) is 60.9 Å². The van der Waals surface area contributed by atoms with Crippen LogP contribution in [0.2, 0.25) is 0 Å². The monoisotopic (exact) mass is 372 g/mol. The number of carbonyl (C=O) groups is 2. The van der Waals surface area contributed by atoms with Gasteiger partial charge in [0.05, 0.1) is 16.1 Å². The van der Waals surface area contributed by atoms with Crippen LogP contribution in [0.5, 0.6) is 0 Å². The Bertz CT molecular complexity index is 1110. The molecule has 13 heteroatoms. The number of anilines is 1. The number of carbonyl (C=O) groups excluding carboxylic acids is 2. The van der Waals surface area contributed by atoms with E-state index in [1.165, 1.54) is 0 Å². The highest BCUT2D eigenvalue weighted by Crippen LogP contribution is 2.34. The van der Waals surface area contributed by atoms with Gasteiger partial charge in [-0.3, -0.25) is 34.4 Å². The first-order valence-corrected chi connectivity index (χ1v) is 6.49. The number of nitrogens with one attached hydrogen (secondary N) is 1. The van der Waals surface area contributed by atoms with Crippen LogP contribution in [-0.2, 0) is 0 Å². The number of nitrogens with two attached hydrogens (primary N) is 1. The van der Waals surface area contributed by atoms with E-state index in [4.69, 9.17) is 5.73 Å². The average Bonchev–Trinajstić information content (AvgIpc) is 2.83. The number of rotatable bonds is 2. The van der Waals surface area contributed by atoms with Gasteiger partial charge in [-0.1, -0.05) is 0 Å². The lowest BCUT2D eigenvalue weighted by molar-refractivity contribution is -0.387. The van der Waals surface area contributed by atoms with Gasteiger partial charge in [-0.25, -0.2) is 13.2 Å². The molecule has 1 aliphatic heterocycles. The Morgan fingerprint density at radius 2 is 1.58 bits per heavy atom. The summed E-state index contributed by atoms with van der Waals surface area (Å²) in [6.07, 6.45) is 0. The summed E-state index contributed by atoms with van der Waals surface area (Å²) in [5, 5.41) is 12.8. The van der Waals surface area contributed by atoms with Crippen molar-refractivity contribution in [1.29, 1.82) is 0 Å². The molecule has 0 fully saturated rings. The van der Waals surface area contributed by atoms with E-state index in [1.807, 2.05) is 0 Å². The second-order valence-corrected chi connectivity index (χ2v) is 4.99. The van der Waals surface area contributed by atoms with Gasteiger partial charge in [0.1, 0.15) is 5.82 Å². The molecule has 0 aliphatic carbocycles. The second kappa shape index (κ2) is 5.37. The third-order valence-electron chi connectivity index (χ3n) is 3.58. The van der Waals surface area contributed by atoms with Crippen LogP contribution in [0.3, 0.4) is 0 Å². The zero-order chi connectivity index (χ0) is 19.5. The summed E-state index contributed by atoms with van der Waals surface area (Å²) >= 11 is 0. The molecule has 0 atom stereocenters. The number of halogens is 4. The Morgan fingerprint density at radius 1 is 1.00 bits per heavy atom. The molecule has 0 unspecified atom stereocenters. The van der Waals surface area contributed by atoms with E-state index < -0.39 is 73.9 Å². The molecule has 1 aromatic carbocycles. The van der Waals surface area contributed by atoms with Gasteiger partial charge in [-0.15, -0.1) is 0 Å². The van der Waals surface area contributed by atoms with Gasteiger partial charge in [0.15, 0.2) is 17.3 Å². The summed E-state index contributed by atoms with van der Waals surface area (Å²) < 4.78 is 54.8. The number of amides is 2. The number of nitro groups is 1. The van der Waals surface area contributed by atoms with Gasteiger partial charge in [-0.2, -0.15) is 4.39 Å². The molecule has 26 heavy (non-hydrogen) atoms. The minimum absolute atomic E-state index is 0.0872. The number of aromatic nitrogens is 1. The fourth-order valence-electron chi connectivity index (χ4n) is 2.49. The van der Waals surface area contributed by atoms with E-state index in [0.29, 0.717) is 6.07 Å². The second-order valence-electron chi connectivity index (χ2n) is 4.99. The summed E-state index contributed by atoms with van der Waals surface area (Å²) in [6, 6.07) is 0.467. The highest BCUT2D eigenvalue weighted by molar-refractivity contribution is 6.23. The lowest BCUT2D eigenvalue weighted by Crippen LogP contribution is -2.26. The number of pyridine rings is 1. The Hall–Kier alpha value is -3.77. The standard InChI is InChI=1S/C13H4F4N4O5/c14-5-6(15)8(17)10(21(25)26)9(7(5)16)20-3(22)1-2-4(11(20)18)13(24)19-12(2)23/h1H,18H2,(H,19,23,24). The maximum atomic E-state index is 14.2. The van der Waals surface area contributed by atoms with E-state index in [2.05, 4.69) is 0 Å². The van der Waals surface area contributed by atoms with Crippen LogP contribution in [-0.4, -0.2) is 21.3 Å². The molecule has 0 radical (unpaired) electrons. The molecule has 0 spiro atoms. The van der Waals surface area contributed by atoms with Gasteiger partial charge < -0.3 is 5.73 Å². The third-order valence-corrected chi connectivity index (χ3v) is 3.58. The maximum absolute atomic E-state index is 14.2. The fourth-order valence-corrected chi connectivity index (χ4v) is 2.49. The predicted molar refractivity (Wildman–Crippen MR) is 74.7 cm³/mol. The van der Waals surface area contributed by atoms with Gasteiger partial charge in [0, 0.05) is 6.07 Å². The molecule has 1 aliphatic rings. The zero-order valence-electron chi connectivity index (χ0n) is 12.1. The van der Waals surface area contributed by atoms with E-state index in [1.54, 1.807) is 5.32 Å². The van der Waals surface area contributed by atoms with Crippen molar-refractivity contribution in [3.63, 3.8) is 0 Å². The average molecular weight is 372 g/mol. The maximum Gasteiger partial charge on any atom is 0.335 e. The van der Waals surface area contributed by atoms with Crippen LogP contribution in [0.25, 0.3) is 5.69 Å². The number of nitrogen functional groups attached to an aromatic ring is 1. The zero-order valence-corrected chi connectivity index (χ0v) is 12.1. The number of hydrogen-bond acceptors (Lipinski definition) is 6. The molecule has 3 N–H and O–H groups in total. The van der Waals surface area contributed by atoms with Crippen molar-refractivity contribution in [1.82, 2.24) is 9.88 Å². The summed E-state index contributed by atoms with van der Waals surface area (Å²) in [5.74, 6) is -12.7. The van der Waals surface area contributed by atoms with Crippen molar-refractivity contribution in [3.8, 4) is 5.69 Å². The Morgan fingerprint density at radius 3 is 2.15 bits per heavy atom. The molecule has 134 valence electrons. The minimum Gasteiger partial charge on any atom is -0.384 e. The fraction of sp³-hybridized carbons (Fsp3) is 0. The molecular formula is C13H4F4N4O5. The van der Waals surface area contributed by atoms with Crippen LogP contribution in [0, 0.1) is 33.4 Å². The number of imide groups is 1. The van der Waals surface area contributed by atoms with Crippen LogP contribution < -0.4 is 16.6 Å². The van der Waals surface area contributed by atoms with Crippen molar-refractivity contribution < 1.29 is 32.1 Å². The molecule has 1 aromatic heterocycles. The lowest BCUT2D eigenvalue weighted by atomic mass is 10.1. The Balaban J connectivity index is 2.53. The predicted octanol–water partition coefficient (Wildman–Crippen LogP) is 0.768. The number of benzene rings is 1. The SMILES string of the molecule is Nc1c2c(cc(=O)n1-c1c(F)c(F)c(F)c(F)c1[N+](=O)[O-])C(=O)NC2=O. The molecule has 0 bridgehead atoms. The lowest BCUT2D eigenvalue weighted by Gasteiger charge is -2.14. The highest BCUT2D eigenvalue weighted by atomic mass is 19.2. The topological polar surface area (TPSA) is 137 Å². The Kier molecular flexibility index (Phi) is 3.52. The highest BCUT2D eigenvalue weighted by Gasteiger charge is 2.38. The summed E-state index contributed by atoms with van der Waals surface area (Å²) in [6.45, 7) is 0. The summed E-state index contributed by atoms with van der Waals surface area (Å²) in [5.41, 5.74) is -0.639. The molecule has 9 nitrogen and oxygen atoms in total. The molecule has 3 rings (SSSR count). The minimum atomic E-state index is -2.47. The van der Waals surface area contributed by atoms with Crippen LogP contribution >= 0.6 is 0 Å². The van der Waals surface area contributed by atoms with Crippen molar-refractivity contribution in [2.75, 3.05) is 5.73 Å². The molecule has 2 aromatic rings. The van der Waals surface area contributed by atoms with Crippen molar-refractivity contribution in [2.24, 2.45) is 0 Å². The Labute approximate surface area is 138 Å². The third kappa shape index (κ3) is 2.06. The first kappa shape index (κ1) is 17.1. The quantitative estimate of drug-likeness (QED) is 0.199. The number of fused-ring (bicyclic) bond motifs is 1. The molecule has 2 heterocycles. The summed E-state index contributed by atoms with van der Waals surface area (Å²) in [4.78, 5) is 44.8. The largest absolute Gasteiger partial charge is 0.384 e. The number of nitrogens with zero attached hydrogens (tertiary/aromatic N) is 2. The van der Waals surface area contributed by atoms with E-state index >= 15 is 0 Å². The van der Waals surface area contributed by atoms with Crippen molar-refractivity contribution >= 4 is 23.3 Å². The number of hydrogen-bond donors (Lipinski definition) is 2.